The fourth-order valence-electron chi connectivity index (χ4n) is 3.10. The molecule has 0 unspecified atom stereocenters. The maximum absolute atomic E-state index is 12.7. The second-order valence-corrected chi connectivity index (χ2v) is 6.46. The SMILES string of the molecule is NC1(C(=O)N2CCN(c3cccc(Cl)c3)CC2)CCOCC1. The first-order chi connectivity index (χ1) is 10.6. The van der Waals surface area contributed by atoms with E-state index in [1.807, 2.05) is 29.2 Å². The number of nitrogens with zero attached hydrogens (tertiary/aromatic N) is 2. The standard InChI is InChI=1S/C16H22ClN3O2/c17-13-2-1-3-14(12-13)19-6-8-20(9-7-19)15(21)16(18)4-10-22-11-5-16/h1-3,12H,4-11,18H2. The van der Waals surface area contributed by atoms with Crippen molar-refractivity contribution in [2.75, 3.05) is 44.3 Å². The third-order valence-electron chi connectivity index (χ3n) is 4.55. The Kier molecular flexibility index (Phi) is 4.57. The van der Waals surface area contributed by atoms with Gasteiger partial charge >= 0.3 is 0 Å². The summed E-state index contributed by atoms with van der Waals surface area (Å²) in [5.41, 5.74) is 6.66. The average Bonchev–Trinajstić information content (AvgIpc) is 2.55. The summed E-state index contributed by atoms with van der Waals surface area (Å²) in [5, 5.41) is 0.735. The molecule has 120 valence electrons. The topological polar surface area (TPSA) is 58.8 Å². The van der Waals surface area contributed by atoms with Crippen molar-refractivity contribution in [2.24, 2.45) is 5.73 Å². The molecule has 2 fully saturated rings. The molecule has 2 saturated heterocycles. The molecular weight excluding hydrogens is 302 g/mol. The monoisotopic (exact) mass is 323 g/mol. The number of hydrogen-bond acceptors (Lipinski definition) is 4. The number of halogens is 1. The number of rotatable bonds is 2. The Labute approximate surface area is 136 Å². The van der Waals surface area contributed by atoms with Crippen molar-refractivity contribution in [3.8, 4) is 0 Å². The van der Waals surface area contributed by atoms with Gasteiger partial charge in [-0.05, 0) is 31.0 Å². The molecule has 0 saturated carbocycles. The van der Waals surface area contributed by atoms with E-state index in [-0.39, 0.29) is 5.91 Å². The third-order valence-corrected chi connectivity index (χ3v) is 4.79. The van der Waals surface area contributed by atoms with Crippen molar-refractivity contribution in [2.45, 2.75) is 18.4 Å². The first-order valence-electron chi connectivity index (χ1n) is 7.75. The van der Waals surface area contributed by atoms with E-state index in [2.05, 4.69) is 4.90 Å². The van der Waals surface area contributed by atoms with Crippen molar-refractivity contribution >= 4 is 23.2 Å². The molecule has 0 aromatic heterocycles. The molecule has 6 heteroatoms. The van der Waals surface area contributed by atoms with Crippen molar-refractivity contribution in [1.82, 2.24) is 4.90 Å². The summed E-state index contributed by atoms with van der Waals surface area (Å²) in [6, 6.07) is 7.83. The number of hydrogen-bond donors (Lipinski definition) is 1. The summed E-state index contributed by atoms with van der Waals surface area (Å²) >= 11 is 6.04. The average molecular weight is 324 g/mol. The number of benzene rings is 1. The molecule has 1 amide bonds. The van der Waals surface area contributed by atoms with Gasteiger partial charge in [-0.1, -0.05) is 17.7 Å². The zero-order chi connectivity index (χ0) is 15.6. The van der Waals surface area contributed by atoms with Gasteiger partial charge in [-0.15, -0.1) is 0 Å². The van der Waals surface area contributed by atoms with Crippen molar-refractivity contribution in [3.05, 3.63) is 29.3 Å². The van der Waals surface area contributed by atoms with Crippen molar-refractivity contribution < 1.29 is 9.53 Å². The highest BCUT2D eigenvalue weighted by Crippen LogP contribution is 2.24. The van der Waals surface area contributed by atoms with E-state index >= 15 is 0 Å². The summed E-state index contributed by atoms with van der Waals surface area (Å²) in [7, 11) is 0. The zero-order valence-corrected chi connectivity index (χ0v) is 13.4. The van der Waals surface area contributed by atoms with Gasteiger partial charge in [0.05, 0.1) is 5.54 Å². The third kappa shape index (κ3) is 3.21. The van der Waals surface area contributed by atoms with Gasteiger partial charge in [-0.25, -0.2) is 0 Å². The lowest BCUT2D eigenvalue weighted by molar-refractivity contribution is -0.140. The molecular formula is C16H22ClN3O2. The molecule has 1 aromatic carbocycles. The first kappa shape index (κ1) is 15.6. The fraction of sp³-hybridized carbons (Fsp3) is 0.562. The highest BCUT2D eigenvalue weighted by molar-refractivity contribution is 6.30. The molecule has 0 atom stereocenters. The van der Waals surface area contributed by atoms with Gasteiger partial charge in [0.1, 0.15) is 0 Å². The summed E-state index contributed by atoms with van der Waals surface area (Å²) in [6.07, 6.45) is 1.22. The minimum atomic E-state index is -0.740. The zero-order valence-electron chi connectivity index (χ0n) is 12.6. The molecule has 0 bridgehead atoms. The van der Waals surface area contributed by atoms with Gasteiger partial charge in [0, 0.05) is 50.1 Å². The molecule has 5 nitrogen and oxygen atoms in total. The van der Waals surface area contributed by atoms with Crippen LogP contribution in [-0.2, 0) is 9.53 Å². The molecule has 0 spiro atoms. The van der Waals surface area contributed by atoms with Crippen molar-refractivity contribution in [3.63, 3.8) is 0 Å². The summed E-state index contributed by atoms with van der Waals surface area (Å²) < 4.78 is 5.32. The molecule has 2 heterocycles. The second kappa shape index (κ2) is 6.44. The molecule has 3 rings (SSSR count). The maximum atomic E-state index is 12.7. The maximum Gasteiger partial charge on any atom is 0.242 e. The van der Waals surface area contributed by atoms with E-state index < -0.39 is 5.54 Å². The van der Waals surface area contributed by atoms with Crippen LogP contribution >= 0.6 is 11.6 Å². The van der Waals surface area contributed by atoms with Crippen LogP contribution in [-0.4, -0.2) is 55.7 Å². The van der Waals surface area contributed by atoms with Gasteiger partial charge in [0.2, 0.25) is 5.91 Å². The van der Waals surface area contributed by atoms with Crippen LogP contribution in [0.25, 0.3) is 0 Å². The Morgan fingerprint density at radius 3 is 2.50 bits per heavy atom. The molecule has 22 heavy (non-hydrogen) atoms. The molecule has 0 radical (unpaired) electrons. The number of carbonyl (C=O) groups is 1. The van der Waals surface area contributed by atoms with Crippen LogP contribution in [0.2, 0.25) is 5.02 Å². The number of piperazine rings is 1. The number of carbonyl (C=O) groups excluding carboxylic acids is 1. The molecule has 2 aliphatic heterocycles. The van der Waals surface area contributed by atoms with Gasteiger partial charge in [-0.3, -0.25) is 4.79 Å². The van der Waals surface area contributed by atoms with Crippen LogP contribution in [0.1, 0.15) is 12.8 Å². The summed E-state index contributed by atoms with van der Waals surface area (Å²) in [4.78, 5) is 16.8. The Balaban J connectivity index is 1.60. The number of ether oxygens (including phenoxy) is 1. The van der Waals surface area contributed by atoms with Gasteiger partial charge in [0.15, 0.2) is 0 Å². The summed E-state index contributed by atoms with van der Waals surface area (Å²) in [6.45, 7) is 4.16. The number of amides is 1. The quantitative estimate of drug-likeness (QED) is 0.896. The first-order valence-corrected chi connectivity index (χ1v) is 8.13. The second-order valence-electron chi connectivity index (χ2n) is 6.03. The van der Waals surface area contributed by atoms with Crippen LogP contribution in [0.3, 0.4) is 0 Å². The van der Waals surface area contributed by atoms with E-state index in [4.69, 9.17) is 22.1 Å². The lowest BCUT2D eigenvalue weighted by Gasteiger charge is -2.41. The molecule has 2 N–H and O–H groups in total. The van der Waals surface area contributed by atoms with Gasteiger partial charge in [-0.2, -0.15) is 0 Å². The minimum absolute atomic E-state index is 0.0709. The Morgan fingerprint density at radius 1 is 1.18 bits per heavy atom. The highest BCUT2D eigenvalue weighted by atomic mass is 35.5. The van der Waals surface area contributed by atoms with Gasteiger partial charge < -0.3 is 20.3 Å². The fourth-order valence-corrected chi connectivity index (χ4v) is 3.29. The largest absolute Gasteiger partial charge is 0.381 e. The minimum Gasteiger partial charge on any atom is -0.381 e. The van der Waals surface area contributed by atoms with E-state index in [0.29, 0.717) is 39.1 Å². The highest BCUT2D eigenvalue weighted by Gasteiger charge is 2.39. The molecule has 0 aliphatic carbocycles. The van der Waals surface area contributed by atoms with E-state index in [1.165, 1.54) is 0 Å². The van der Waals surface area contributed by atoms with E-state index in [1.54, 1.807) is 0 Å². The van der Waals surface area contributed by atoms with Crippen LogP contribution < -0.4 is 10.6 Å². The van der Waals surface area contributed by atoms with Crippen LogP contribution in [0.5, 0.6) is 0 Å². The number of anilines is 1. The van der Waals surface area contributed by atoms with E-state index in [0.717, 1.165) is 23.8 Å². The normalized spacial score (nSPS) is 21.7. The van der Waals surface area contributed by atoms with E-state index in [9.17, 15) is 4.79 Å². The summed E-state index contributed by atoms with van der Waals surface area (Å²) in [5.74, 6) is 0.0709. The predicted octanol–water partition coefficient (Wildman–Crippen LogP) is 1.50. The Morgan fingerprint density at radius 2 is 1.86 bits per heavy atom. The predicted molar refractivity (Wildman–Crippen MR) is 87.2 cm³/mol. The lowest BCUT2D eigenvalue weighted by atomic mass is 9.89. The van der Waals surface area contributed by atoms with Crippen LogP contribution in [0.4, 0.5) is 5.69 Å². The smallest absolute Gasteiger partial charge is 0.242 e. The Hall–Kier alpha value is -1.30. The van der Waals surface area contributed by atoms with Gasteiger partial charge in [0.25, 0.3) is 0 Å². The Bertz CT molecular complexity index is 538. The lowest BCUT2D eigenvalue weighted by Crippen LogP contribution is -2.61. The van der Waals surface area contributed by atoms with Crippen molar-refractivity contribution in [1.29, 1.82) is 0 Å². The van der Waals surface area contributed by atoms with Crippen LogP contribution in [0, 0.1) is 0 Å². The van der Waals surface area contributed by atoms with Crippen LogP contribution in [0.15, 0.2) is 24.3 Å². The number of nitrogens with two attached hydrogens (primary N) is 1. The molecule has 2 aliphatic rings. The molecule has 1 aromatic rings.